The molecule has 1 N–H and O–H groups in total. The maximum absolute atomic E-state index is 12.4. The lowest BCUT2D eigenvalue weighted by Crippen LogP contribution is -2.38. The van der Waals surface area contributed by atoms with Gasteiger partial charge in [-0.25, -0.2) is 9.97 Å². The molecule has 5 nitrogen and oxygen atoms in total. The van der Waals surface area contributed by atoms with E-state index in [-0.39, 0.29) is 5.91 Å². The average Bonchev–Trinajstić information content (AvgIpc) is 2.60. The molecule has 126 valence electrons. The molecular weight excluding hydrogens is 347 g/mol. The van der Waals surface area contributed by atoms with Gasteiger partial charge in [0, 0.05) is 13.1 Å². The molecule has 0 aliphatic carbocycles. The number of rotatable bonds is 3. The third kappa shape index (κ3) is 3.79. The van der Waals surface area contributed by atoms with Crippen LogP contribution in [0.15, 0.2) is 30.6 Å². The molecule has 0 unspecified atom stereocenters. The number of hydrogen-bond donors (Lipinski definition) is 1. The predicted octanol–water partition coefficient (Wildman–Crippen LogP) is 4.40. The summed E-state index contributed by atoms with van der Waals surface area (Å²) in [4.78, 5) is 22.8. The number of anilines is 2. The van der Waals surface area contributed by atoms with Crippen molar-refractivity contribution in [2.24, 2.45) is 5.92 Å². The summed E-state index contributed by atoms with van der Waals surface area (Å²) in [5, 5.41) is 3.93. The highest BCUT2D eigenvalue weighted by Gasteiger charge is 2.22. The van der Waals surface area contributed by atoms with E-state index in [1.807, 2.05) is 4.90 Å². The lowest BCUT2D eigenvalue weighted by Gasteiger charge is -2.29. The van der Waals surface area contributed by atoms with Crippen LogP contribution in [0.1, 0.15) is 30.3 Å². The van der Waals surface area contributed by atoms with Gasteiger partial charge in [-0.15, -0.1) is 0 Å². The molecule has 3 rings (SSSR count). The Morgan fingerprint density at radius 3 is 2.62 bits per heavy atom. The normalized spacial score (nSPS) is 15.4. The summed E-state index contributed by atoms with van der Waals surface area (Å²) in [5.41, 5.74) is 0.995. The Morgan fingerprint density at radius 1 is 1.21 bits per heavy atom. The quantitative estimate of drug-likeness (QED) is 0.876. The van der Waals surface area contributed by atoms with Gasteiger partial charge in [0.25, 0.3) is 5.91 Å². The highest BCUT2D eigenvalue weighted by atomic mass is 35.5. The molecule has 2 aromatic rings. The number of amides is 1. The Labute approximate surface area is 151 Å². The lowest BCUT2D eigenvalue weighted by atomic mass is 9.99. The Kier molecular flexibility index (Phi) is 5.21. The smallest absolute Gasteiger partial charge is 0.274 e. The number of aromatic nitrogens is 2. The highest BCUT2D eigenvalue weighted by Crippen LogP contribution is 2.31. The van der Waals surface area contributed by atoms with E-state index in [9.17, 15) is 4.79 Å². The van der Waals surface area contributed by atoms with Crippen LogP contribution in [0, 0.1) is 5.92 Å². The van der Waals surface area contributed by atoms with E-state index in [0.29, 0.717) is 33.2 Å². The average molecular weight is 365 g/mol. The van der Waals surface area contributed by atoms with Gasteiger partial charge in [0.1, 0.15) is 11.5 Å². The minimum absolute atomic E-state index is 0.0678. The van der Waals surface area contributed by atoms with E-state index >= 15 is 0 Å². The standard InChI is InChI=1S/C17H18Cl2N4O/c1-11-5-7-23(8-6-11)17(24)14-9-21-15(10-20-14)22-13-4-2-3-12(18)16(13)19/h2-4,9-11H,5-8H2,1H3,(H,21,22). The number of benzene rings is 1. The molecule has 1 saturated heterocycles. The van der Waals surface area contributed by atoms with E-state index in [2.05, 4.69) is 22.2 Å². The first-order chi connectivity index (χ1) is 11.5. The van der Waals surface area contributed by atoms with Crippen LogP contribution in [0.25, 0.3) is 0 Å². The molecule has 0 radical (unpaired) electrons. The second-order valence-corrected chi connectivity index (χ2v) is 6.77. The minimum Gasteiger partial charge on any atom is -0.338 e. The number of likely N-dealkylation sites (tertiary alicyclic amines) is 1. The van der Waals surface area contributed by atoms with Crippen LogP contribution in [-0.2, 0) is 0 Å². The molecule has 1 aromatic carbocycles. The van der Waals surface area contributed by atoms with Gasteiger partial charge in [0.05, 0.1) is 28.1 Å². The minimum atomic E-state index is -0.0678. The largest absolute Gasteiger partial charge is 0.338 e. The molecule has 0 atom stereocenters. The van der Waals surface area contributed by atoms with E-state index in [0.717, 1.165) is 25.9 Å². The third-order valence-electron chi connectivity index (χ3n) is 4.16. The SMILES string of the molecule is CC1CCN(C(=O)c2cnc(Nc3cccc(Cl)c3Cl)cn2)CC1. The lowest BCUT2D eigenvalue weighted by molar-refractivity contribution is 0.0691. The number of nitrogens with one attached hydrogen (secondary N) is 1. The second-order valence-electron chi connectivity index (χ2n) is 5.99. The first kappa shape index (κ1) is 17.0. The molecule has 1 fully saturated rings. The maximum Gasteiger partial charge on any atom is 0.274 e. The summed E-state index contributed by atoms with van der Waals surface area (Å²) in [6, 6.07) is 5.30. The molecule has 7 heteroatoms. The van der Waals surface area contributed by atoms with Crippen molar-refractivity contribution in [1.29, 1.82) is 0 Å². The van der Waals surface area contributed by atoms with Gasteiger partial charge in [0.2, 0.25) is 0 Å². The third-order valence-corrected chi connectivity index (χ3v) is 4.98. The Morgan fingerprint density at radius 2 is 1.96 bits per heavy atom. The van der Waals surface area contributed by atoms with Crippen LogP contribution in [0.3, 0.4) is 0 Å². The molecule has 0 bridgehead atoms. The molecule has 1 amide bonds. The van der Waals surface area contributed by atoms with E-state index < -0.39 is 0 Å². The van der Waals surface area contributed by atoms with Crippen molar-refractivity contribution in [2.45, 2.75) is 19.8 Å². The molecule has 24 heavy (non-hydrogen) atoms. The van der Waals surface area contributed by atoms with Crippen molar-refractivity contribution < 1.29 is 4.79 Å². The Bertz CT molecular complexity index is 728. The Balaban J connectivity index is 1.69. The molecule has 0 spiro atoms. The Hall–Kier alpha value is -1.85. The number of nitrogens with zero attached hydrogens (tertiary/aromatic N) is 3. The highest BCUT2D eigenvalue weighted by molar-refractivity contribution is 6.43. The number of halogens is 2. The summed E-state index contributed by atoms with van der Waals surface area (Å²) >= 11 is 12.1. The summed E-state index contributed by atoms with van der Waals surface area (Å²) in [7, 11) is 0. The fourth-order valence-electron chi connectivity index (χ4n) is 2.62. The van der Waals surface area contributed by atoms with Gasteiger partial charge < -0.3 is 10.2 Å². The fraction of sp³-hybridized carbons (Fsp3) is 0.353. The molecule has 1 aliphatic rings. The van der Waals surface area contributed by atoms with Gasteiger partial charge >= 0.3 is 0 Å². The van der Waals surface area contributed by atoms with Gasteiger partial charge in [-0.1, -0.05) is 36.2 Å². The summed E-state index contributed by atoms with van der Waals surface area (Å²) in [5.74, 6) is 1.11. The topological polar surface area (TPSA) is 58.1 Å². The van der Waals surface area contributed by atoms with Crippen LogP contribution in [0.5, 0.6) is 0 Å². The molecule has 1 aliphatic heterocycles. The summed E-state index contributed by atoms with van der Waals surface area (Å²) in [6.07, 6.45) is 5.08. The van der Waals surface area contributed by atoms with Crippen LogP contribution >= 0.6 is 23.2 Å². The number of carbonyl (C=O) groups is 1. The zero-order valence-corrected chi connectivity index (χ0v) is 14.8. The summed E-state index contributed by atoms with van der Waals surface area (Å²) in [6.45, 7) is 3.77. The molecule has 1 aromatic heterocycles. The zero-order valence-electron chi connectivity index (χ0n) is 13.3. The van der Waals surface area contributed by atoms with Crippen molar-refractivity contribution in [3.63, 3.8) is 0 Å². The predicted molar refractivity (Wildman–Crippen MR) is 96.1 cm³/mol. The fourth-order valence-corrected chi connectivity index (χ4v) is 2.96. The van der Waals surface area contributed by atoms with E-state index in [1.165, 1.54) is 12.4 Å². The van der Waals surface area contributed by atoms with Crippen molar-refractivity contribution in [1.82, 2.24) is 14.9 Å². The van der Waals surface area contributed by atoms with Crippen LogP contribution in [-0.4, -0.2) is 33.9 Å². The molecule has 0 saturated carbocycles. The van der Waals surface area contributed by atoms with Gasteiger partial charge in [-0.3, -0.25) is 4.79 Å². The van der Waals surface area contributed by atoms with E-state index in [1.54, 1.807) is 18.2 Å². The number of piperidine rings is 1. The summed E-state index contributed by atoms with van der Waals surface area (Å²) < 4.78 is 0. The van der Waals surface area contributed by atoms with Crippen LogP contribution in [0.4, 0.5) is 11.5 Å². The second kappa shape index (κ2) is 7.36. The van der Waals surface area contributed by atoms with Crippen molar-refractivity contribution in [3.8, 4) is 0 Å². The number of hydrogen-bond acceptors (Lipinski definition) is 4. The molecular formula is C17H18Cl2N4O. The van der Waals surface area contributed by atoms with Gasteiger partial charge in [0.15, 0.2) is 0 Å². The maximum atomic E-state index is 12.4. The van der Waals surface area contributed by atoms with Crippen molar-refractivity contribution in [2.75, 3.05) is 18.4 Å². The monoisotopic (exact) mass is 364 g/mol. The molecule has 2 heterocycles. The van der Waals surface area contributed by atoms with Crippen molar-refractivity contribution in [3.05, 3.63) is 46.3 Å². The van der Waals surface area contributed by atoms with Crippen LogP contribution < -0.4 is 5.32 Å². The first-order valence-corrected chi connectivity index (χ1v) is 8.62. The van der Waals surface area contributed by atoms with Crippen LogP contribution in [0.2, 0.25) is 10.0 Å². The first-order valence-electron chi connectivity index (χ1n) is 7.87. The van der Waals surface area contributed by atoms with Gasteiger partial charge in [-0.2, -0.15) is 0 Å². The van der Waals surface area contributed by atoms with Crippen molar-refractivity contribution >= 4 is 40.6 Å². The number of carbonyl (C=O) groups excluding carboxylic acids is 1. The van der Waals surface area contributed by atoms with Gasteiger partial charge in [-0.05, 0) is 30.9 Å². The van der Waals surface area contributed by atoms with E-state index in [4.69, 9.17) is 23.2 Å². The zero-order chi connectivity index (χ0) is 17.1.